The number of quaternary nitrogens is 1. The number of anilines is 1. The van der Waals surface area contributed by atoms with Gasteiger partial charge in [0, 0.05) is 17.9 Å². The number of ether oxygens (including phenoxy) is 2. The number of hydrogen-bond donors (Lipinski definition) is 2. The molecule has 1 aliphatic rings. The number of carbonyl (C=O) groups is 1. The highest BCUT2D eigenvalue weighted by atomic mass is 35.5. The van der Waals surface area contributed by atoms with Crippen molar-refractivity contribution in [1.29, 1.82) is 0 Å². The highest BCUT2D eigenvalue weighted by Crippen LogP contribution is 2.31. The van der Waals surface area contributed by atoms with E-state index in [4.69, 9.17) is 32.7 Å². The summed E-state index contributed by atoms with van der Waals surface area (Å²) >= 11 is 12.1. The van der Waals surface area contributed by atoms with Gasteiger partial charge in [0.05, 0.1) is 37.0 Å². The second kappa shape index (κ2) is 8.83. The number of halogens is 2. The van der Waals surface area contributed by atoms with Crippen molar-refractivity contribution < 1.29 is 19.2 Å². The van der Waals surface area contributed by atoms with Crippen molar-refractivity contribution in [2.75, 3.05) is 32.6 Å². The Kier molecular flexibility index (Phi) is 6.47. The van der Waals surface area contributed by atoms with Gasteiger partial charge >= 0.3 is 0 Å². The molecule has 144 valence electrons. The minimum Gasteiger partial charge on any atom is -0.497 e. The fourth-order valence-corrected chi connectivity index (χ4v) is 3.94. The molecule has 0 saturated carbocycles. The first-order valence-corrected chi connectivity index (χ1v) is 9.59. The predicted molar refractivity (Wildman–Crippen MR) is 107 cm³/mol. The third-order valence-electron chi connectivity index (χ3n) is 4.89. The Bertz CT molecular complexity index is 829. The van der Waals surface area contributed by atoms with Gasteiger partial charge in [-0.25, -0.2) is 0 Å². The van der Waals surface area contributed by atoms with Crippen LogP contribution in [0.5, 0.6) is 11.5 Å². The van der Waals surface area contributed by atoms with Crippen molar-refractivity contribution >= 4 is 34.8 Å². The third kappa shape index (κ3) is 4.67. The monoisotopic (exact) mass is 409 g/mol. The zero-order chi connectivity index (χ0) is 19.4. The fourth-order valence-electron chi connectivity index (χ4n) is 3.60. The highest BCUT2D eigenvalue weighted by molar-refractivity contribution is 6.35. The van der Waals surface area contributed by atoms with Crippen molar-refractivity contribution in [1.82, 2.24) is 0 Å². The maximum absolute atomic E-state index is 12.6. The summed E-state index contributed by atoms with van der Waals surface area (Å²) < 4.78 is 10.9. The number of rotatable bonds is 6. The van der Waals surface area contributed by atoms with E-state index in [1.54, 1.807) is 32.4 Å². The normalized spacial score (nSPS) is 19.0. The van der Waals surface area contributed by atoms with Crippen molar-refractivity contribution in [3.63, 3.8) is 0 Å². The lowest BCUT2D eigenvalue weighted by atomic mass is 10.0. The van der Waals surface area contributed by atoms with Gasteiger partial charge in [-0.3, -0.25) is 4.79 Å². The number of carbonyl (C=O) groups excluding carboxylic acids is 1. The number of methoxy groups -OCH3 is 2. The average Bonchev–Trinajstić information content (AvgIpc) is 3.11. The standard InChI is InChI=1S/C20H22Cl2N2O3/c1-26-14-6-8-19(27-2)15(11-14)18-4-3-9-24(18)12-20(25)23-17-10-13(21)5-7-16(17)22/h5-8,10-11,18H,3-4,9,12H2,1-2H3,(H,23,25)/p+1/t18-/m0/s1. The van der Waals surface area contributed by atoms with E-state index >= 15 is 0 Å². The number of nitrogens with one attached hydrogen (secondary N) is 2. The molecule has 1 heterocycles. The number of hydrogen-bond acceptors (Lipinski definition) is 3. The molecule has 1 saturated heterocycles. The lowest BCUT2D eigenvalue weighted by Crippen LogP contribution is -3.11. The molecule has 7 heteroatoms. The molecule has 0 aliphatic carbocycles. The molecule has 5 nitrogen and oxygen atoms in total. The zero-order valence-electron chi connectivity index (χ0n) is 15.4. The summed E-state index contributed by atoms with van der Waals surface area (Å²) in [6.07, 6.45) is 2.04. The highest BCUT2D eigenvalue weighted by Gasteiger charge is 2.34. The lowest BCUT2D eigenvalue weighted by Gasteiger charge is -2.23. The topological polar surface area (TPSA) is 52.0 Å². The van der Waals surface area contributed by atoms with Crippen LogP contribution in [0, 0.1) is 0 Å². The van der Waals surface area contributed by atoms with Gasteiger partial charge in [-0.2, -0.15) is 0 Å². The van der Waals surface area contributed by atoms with Crippen LogP contribution in [0.2, 0.25) is 10.0 Å². The Morgan fingerprint density at radius 2 is 2.00 bits per heavy atom. The summed E-state index contributed by atoms with van der Waals surface area (Å²) in [5, 5.41) is 3.87. The van der Waals surface area contributed by atoms with Crippen LogP contribution in [0.3, 0.4) is 0 Å². The van der Waals surface area contributed by atoms with E-state index in [0.717, 1.165) is 36.4 Å². The van der Waals surface area contributed by atoms with E-state index in [2.05, 4.69) is 5.32 Å². The van der Waals surface area contributed by atoms with E-state index in [0.29, 0.717) is 22.3 Å². The molecule has 0 aromatic heterocycles. The van der Waals surface area contributed by atoms with Crippen LogP contribution in [0.1, 0.15) is 24.4 Å². The summed E-state index contributed by atoms with van der Waals surface area (Å²) in [7, 11) is 3.31. The minimum absolute atomic E-state index is 0.0945. The summed E-state index contributed by atoms with van der Waals surface area (Å²) in [6, 6.07) is 11.0. The van der Waals surface area contributed by atoms with Gasteiger partial charge in [-0.05, 0) is 36.4 Å². The molecule has 1 unspecified atom stereocenters. The van der Waals surface area contributed by atoms with Gasteiger partial charge in [0.1, 0.15) is 17.5 Å². The Balaban J connectivity index is 1.75. The molecule has 3 rings (SSSR count). The smallest absolute Gasteiger partial charge is 0.279 e. The van der Waals surface area contributed by atoms with Crippen LogP contribution >= 0.6 is 23.2 Å². The number of amides is 1. The molecule has 1 amide bonds. The molecule has 0 radical (unpaired) electrons. The van der Waals surface area contributed by atoms with Gasteiger partial charge in [-0.1, -0.05) is 23.2 Å². The largest absolute Gasteiger partial charge is 0.497 e. The van der Waals surface area contributed by atoms with Gasteiger partial charge in [0.25, 0.3) is 5.91 Å². The van der Waals surface area contributed by atoms with E-state index < -0.39 is 0 Å². The first-order chi connectivity index (χ1) is 13.0. The van der Waals surface area contributed by atoms with Crippen molar-refractivity contribution in [3.05, 3.63) is 52.0 Å². The Hall–Kier alpha value is -1.95. The molecule has 27 heavy (non-hydrogen) atoms. The Morgan fingerprint density at radius 3 is 2.74 bits per heavy atom. The maximum Gasteiger partial charge on any atom is 0.279 e. The number of likely N-dealkylation sites (tertiary alicyclic amines) is 1. The average molecular weight is 410 g/mol. The molecule has 2 N–H and O–H groups in total. The van der Waals surface area contributed by atoms with Crippen LogP contribution in [0.4, 0.5) is 5.69 Å². The summed E-state index contributed by atoms with van der Waals surface area (Å²) in [5.74, 6) is 1.51. The van der Waals surface area contributed by atoms with Gasteiger partial charge in [0.15, 0.2) is 6.54 Å². The van der Waals surface area contributed by atoms with Gasteiger partial charge in [0.2, 0.25) is 0 Å². The zero-order valence-corrected chi connectivity index (χ0v) is 16.9. The molecule has 2 atom stereocenters. The fraction of sp³-hybridized carbons (Fsp3) is 0.350. The van der Waals surface area contributed by atoms with Gasteiger partial charge < -0.3 is 19.7 Å². The van der Waals surface area contributed by atoms with Crippen molar-refractivity contribution in [2.24, 2.45) is 0 Å². The van der Waals surface area contributed by atoms with E-state index in [9.17, 15) is 4.79 Å². The SMILES string of the molecule is COc1ccc(OC)c([C@@H]2CCC[NH+]2CC(=O)Nc2cc(Cl)ccc2Cl)c1. The predicted octanol–water partition coefficient (Wildman–Crippen LogP) is 3.37. The molecule has 2 aromatic rings. The Morgan fingerprint density at radius 1 is 1.19 bits per heavy atom. The van der Waals surface area contributed by atoms with Crippen molar-refractivity contribution in [2.45, 2.75) is 18.9 Å². The van der Waals surface area contributed by atoms with Crippen LogP contribution in [-0.2, 0) is 4.79 Å². The molecule has 2 aromatic carbocycles. The third-order valence-corrected chi connectivity index (χ3v) is 5.45. The first-order valence-electron chi connectivity index (χ1n) is 8.83. The summed E-state index contributed by atoms with van der Waals surface area (Å²) in [4.78, 5) is 13.8. The van der Waals surface area contributed by atoms with Crippen LogP contribution in [0.15, 0.2) is 36.4 Å². The Labute approximate surface area is 169 Å². The maximum atomic E-state index is 12.6. The summed E-state index contributed by atoms with van der Waals surface area (Å²) in [5.41, 5.74) is 1.60. The number of benzene rings is 2. The van der Waals surface area contributed by atoms with E-state index in [1.807, 2.05) is 18.2 Å². The molecule has 1 fully saturated rings. The quantitative estimate of drug-likeness (QED) is 0.768. The molecular weight excluding hydrogens is 387 g/mol. The first kappa shape index (κ1) is 19.8. The van der Waals surface area contributed by atoms with E-state index in [1.165, 1.54) is 4.90 Å². The van der Waals surface area contributed by atoms with Crippen LogP contribution < -0.4 is 19.7 Å². The second-order valence-electron chi connectivity index (χ2n) is 6.56. The lowest BCUT2D eigenvalue weighted by molar-refractivity contribution is -0.910. The molecule has 1 aliphatic heterocycles. The molecule has 0 spiro atoms. The summed E-state index contributed by atoms with van der Waals surface area (Å²) in [6.45, 7) is 1.26. The van der Waals surface area contributed by atoms with Crippen molar-refractivity contribution in [3.8, 4) is 11.5 Å². The van der Waals surface area contributed by atoms with E-state index in [-0.39, 0.29) is 11.9 Å². The molecule has 0 bridgehead atoms. The van der Waals surface area contributed by atoms with Gasteiger partial charge in [-0.15, -0.1) is 0 Å². The molecular formula is C20H23Cl2N2O3+. The van der Waals surface area contributed by atoms with Crippen LogP contribution in [0.25, 0.3) is 0 Å². The minimum atomic E-state index is -0.0945. The second-order valence-corrected chi connectivity index (χ2v) is 7.40. The van der Waals surface area contributed by atoms with Crippen LogP contribution in [-0.4, -0.2) is 33.2 Å².